The molecule has 1 fully saturated rings. The van der Waals surface area contributed by atoms with Gasteiger partial charge in [0, 0.05) is 10.6 Å². The number of benzene rings is 1. The zero-order valence-electron chi connectivity index (χ0n) is 11.2. The van der Waals surface area contributed by atoms with E-state index in [0.29, 0.717) is 0 Å². The first-order valence-electron chi connectivity index (χ1n) is 6.79. The highest BCUT2D eigenvalue weighted by molar-refractivity contribution is 7.99. The average molecular weight is 304 g/mol. The summed E-state index contributed by atoms with van der Waals surface area (Å²) < 4.78 is 37.5. The van der Waals surface area contributed by atoms with Crippen LogP contribution < -0.4 is 5.73 Å². The fraction of sp³-hybridized carbons (Fsp3) is 0.571. The van der Waals surface area contributed by atoms with Crippen LogP contribution in [0.1, 0.15) is 24.8 Å². The molecule has 6 heteroatoms. The van der Waals surface area contributed by atoms with E-state index in [0.717, 1.165) is 35.7 Å². The lowest BCUT2D eigenvalue weighted by Crippen LogP contribution is -2.20. The van der Waals surface area contributed by atoms with Crippen molar-refractivity contribution in [2.45, 2.75) is 30.3 Å². The number of nitrogens with two attached hydrogens (primary N) is 1. The number of halogens is 3. The highest BCUT2D eigenvalue weighted by atomic mass is 32.2. The van der Waals surface area contributed by atoms with Gasteiger partial charge < -0.3 is 10.6 Å². The smallest absolute Gasteiger partial charge is 0.398 e. The summed E-state index contributed by atoms with van der Waals surface area (Å²) in [4.78, 5) is 3.16. The van der Waals surface area contributed by atoms with Gasteiger partial charge in [0.25, 0.3) is 0 Å². The number of nitrogen functional groups attached to an aromatic ring is 1. The highest BCUT2D eigenvalue weighted by Gasteiger charge is 2.30. The highest BCUT2D eigenvalue weighted by Crippen LogP contribution is 2.34. The molecule has 1 aromatic carbocycles. The zero-order chi connectivity index (χ0) is 14.6. The quantitative estimate of drug-likeness (QED) is 0.509. The van der Waals surface area contributed by atoms with E-state index in [2.05, 4.69) is 4.90 Å². The first-order chi connectivity index (χ1) is 9.47. The Hall–Kier alpha value is -0.880. The molecule has 112 valence electrons. The average Bonchev–Trinajstić information content (AvgIpc) is 2.88. The monoisotopic (exact) mass is 304 g/mol. The van der Waals surface area contributed by atoms with Crippen LogP contribution in [-0.2, 0) is 6.18 Å². The number of likely N-dealkylation sites (tertiary alicyclic amines) is 1. The standard InChI is InChI=1S/C14H19F3N2S/c15-14(16,17)11-4-5-13(12(18)10-11)20-9-3-8-19-6-1-2-7-19/h4-5,10H,1-3,6-9,18H2. The van der Waals surface area contributed by atoms with Crippen molar-refractivity contribution in [3.63, 3.8) is 0 Å². The third kappa shape index (κ3) is 4.31. The summed E-state index contributed by atoms with van der Waals surface area (Å²) in [6.45, 7) is 3.41. The van der Waals surface area contributed by atoms with Gasteiger partial charge >= 0.3 is 6.18 Å². The molecule has 2 N–H and O–H groups in total. The molecule has 0 amide bonds. The van der Waals surface area contributed by atoms with Crippen molar-refractivity contribution in [2.75, 3.05) is 31.1 Å². The van der Waals surface area contributed by atoms with Crippen LogP contribution in [0.2, 0.25) is 0 Å². The van der Waals surface area contributed by atoms with Crippen molar-refractivity contribution in [2.24, 2.45) is 0 Å². The summed E-state index contributed by atoms with van der Waals surface area (Å²) in [6.07, 6.45) is -0.740. The second-order valence-electron chi connectivity index (χ2n) is 5.00. The van der Waals surface area contributed by atoms with E-state index in [1.54, 1.807) is 0 Å². The Bertz CT molecular complexity index is 443. The second-order valence-corrected chi connectivity index (χ2v) is 6.14. The summed E-state index contributed by atoms with van der Waals surface area (Å²) in [6, 6.07) is 3.58. The molecule has 1 aliphatic rings. The molecule has 0 bridgehead atoms. The maximum atomic E-state index is 12.5. The summed E-state index contributed by atoms with van der Waals surface area (Å²) >= 11 is 1.53. The number of hydrogen-bond acceptors (Lipinski definition) is 3. The molecule has 0 aliphatic carbocycles. The van der Waals surface area contributed by atoms with Gasteiger partial charge in [0.05, 0.1) is 5.56 Å². The van der Waals surface area contributed by atoms with E-state index in [-0.39, 0.29) is 5.69 Å². The van der Waals surface area contributed by atoms with Crippen LogP contribution in [0.15, 0.2) is 23.1 Å². The number of hydrogen-bond donors (Lipinski definition) is 1. The number of thioether (sulfide) groups is 1. The Morgan fingerprint density at radius 2 is 1.90 bits per heavy atom. The lowest BCUT2D eigenvalue weighted by molar-refractivity contribution is -0.137. The summed E-state index contributed by atoms with van der Waals surface area (Å²) in [5.41, 5.74) is 5.22. The molecular formula is C14H19F3N2S. The molecule has 0 radical (unpaired) electrons. The summed E-state index contributed by atoms with van der Waals surface area (Å²) in [5.74, 6) is 0.881. The third-order valence-electron chi connectivity index (χ3n) is 3.41. The van der Waals surface area contributed by atoms with Crippen molar-refractivity contribution < 1.29 is 13.2 Å². The van der Waals surface area contributed by atoms with Gasteiger partial charge in [-0.1, -0.05) is 0 Å². The topological polar surface area (TPSA) is 29.3 Å². The first-order valence-corrected chi connectivity index (χ1v) is 7.77. The van der Waals surface area contributed by atoms with E-state index >= 15 is 0 Å². The molecular weight excluding hydrogens is 285 g/mol. The first kappa shape index (κ1) is 15.5. The number of anilines is 1. The van der Waals surface area contributed by atoms with E-state index < -0.39 is 11.7 Å². The molecule has 1 aliphatic heterocycles. The van der Waals surface area contributed by atoms with Crippen molar-refractivity contribution >= 4 is 17.4 Å². The van der Waals surface area contributed by atoms with Crippen molar-refractivity contribution in [3.05, 3.63) is 23.8 Å². The molecule has 0 aromatic heterocycles. The third-order valence-corrected chi connectivity index (χ3v) is 4.59. The molecule has 0 atom stereocenters. The predicted molar refractivity (Wildman–Crippen MR) is 76.9 cm³/mol. The molecule has 2 nitrogen and oxygen atoms in total. The molecule has 0 unspecified atom stereocenters. The molecule has 2 rings (SSSR count). The molecule has 0 saturated carbocycles. The fourth-order valence-electron chi connectivity index (χ4n) is 2.33. The molecule has 1 aromatic rings. The SMILES string of the molecule is Nc1cc(C(F)(F)F)ccc1SCCCN1CCCC1. The van der Waals surface area contributed by atoms with E-state index in [9.17, 15) is 13.2 Å². The van der Waals surface area contributed by atoms with Crippen LogP contribution >= 0.6 is 11.8 Å². The van der Waals surface area contributed by atoms with Gasteiger partial charge in [-0.05, 0) is 62.8 Å². The number of rotatable bonds is 5. The van der Waals surface area contributed by atoms with Crippen molar-refractivity contribution in [3.8, 4) is 0 Å². The Balaban J connectivity index is 1.80. The minimum atomic E-state index is -4.33. The molecule has 20 heavy (non-hydrogen) atoms. The number of alkyl halides is 3. The number of nitrogens with zero attached hydrogens (tertiary/aromatic N) is 1. The van der Waals surface area contributed by atoms with Crippen LogP contribution in [0.25, 0.3) is 0 Å². The van der Waals surface area contributed by atoms with Gasteiger partial charge in [-0.25, -0.2) is 0 Å². The maximum absolute atomic E-state index is 12.5. The van der Waals surface area contributed by atoms with E-state index in [1.807, 2.05) is 0 Å². The predicted octanol–water partition coefficient (Wildman–Crippen LogP) is 3.87. The van der Waals surface area contributed by atoms with Gasteiger partial charge in [0.15, 0.2) is 0 Å². The lowest BCUT2D eigenvalue weighted by Gasteiger charge is -2.14. The summed E-state index contributed by atoms with van der Waals surface area (Å²) in [7, 11) is 0. The Morgan fingerprint density at radius 3 is 2.50 bits per heavy atom. The van der Waals surface area contributed by atoms with Gasteiger partial charge in [0.2, 0.25) is 0 Å². The lowest BCUT2D eigenvalue weighted by atomic mass is 10.2. The Morgan fingerprint density at radius 1 is 1.20 bits per heavy atom. The largest absolute Gasteiger partial charge is 0.416 e. The van der Waals surface area contributed by atoms with Crippen LogP contribution in [0.3, 0.4) is 0 Å². The van der Waals surface area contributed by atoms with Crippen LogP contribution in [0.4, 0.5) is 18.9 Å². The Labute approximate surface area is 121 Å². The minimum absolute atomic E-state index is 0.214. The van der Waals surface area contributed by atoms with Gasteiger partial charge in [0.1, 0.15) is 0 Å². The van der Waals surface area contributed by atoms with Crippen LogP contribution in [0.5, 0.6) is 0 Å². The zero-order valence-corrected chi connectivity index (χ0v) is 12.1. The minimum Gasteiger partial charge on any atom is -0.398 e. The van der Waals surface area contributed by atoms with Crippen LogP contribution in [0, 0.1) is 0 Å². The van der Waals surface area contributed by atoms with E-state index in [4.69, 9.17) is 5.73 Å². The second kappa shape index (κ2) is 6.72. The van der Waals surface area contributed by atoms with Gasteiger partial charge in [-0.3, -0.25) is 0 Å². The normalized spacial score (nSPS) is 16.8. The molecule has 1 heterocycles. The summed E-state index contributed by atoms with van der Waals surface area (Å²) in [5, 5.41) is 0. The molecule has 0 spiro atoms. The fourth-order valence-corrected chi connectivity index (χ4v) is 3.22. The maximum Gasteiger partial charge on any atom is 0.416 e. The van der Waals surface area contributed by atoms with E-state index in [1.165, 1.54) is 43.8 Å². The van der Waals surface area contributed by atoms with Gasteiger partial charge in [-0.15, -0.1) is 11.8 Å². The van der Waals surface area contributed by atoms with Crippen molar-refractivity contribution in [1.82, 2.24) is 4.90 Å². The molecule has 1 saturated heterocycles. The van der Waals surface area contributed by atoms with Crippen LogP contribution in [-0.4, -0.2) is 30.3 Å². The Kier molecular flexibility index (Phi) is 5.21. The van der Waals surface area contributed by atoms with Gasteiger partial charge in [-0.2, -0.15) is 13.2 Å². The van der Waals surface area contributed by atoms with Crippen molar-refractivity contribution in [1.29, 1.82) is 0 Å².